The molecule has 1 spiro atoms. The lowest BCUT2D eigenvalue weighted by molar-refractivity contribution is 0.403. The monoisotopic (exact) mass is 773 g/mol. The van der Waals surface area contributed by atoms with E-state index in [9.17, 15) is 0 Å². The summed E-state index contributed by atoms with van der Waals surface area (Å²) in [6.07, 6.45) is 3.83. The Morgan fingerprint density at radius 2 is 1.15 bits per heavy atom. The molecule has 9 aromatic rings. The van der Waals surface area contributed by atoms with Crippen molar-refractivity contribution < 1.29 is 4.74 Å². The van der Waals surface area contributed by atoms with Gasteiger partial charge in [0.05, 0.1) is 5.41 Å². The second kappa shape index (κ2) is 12.3. The maximum Gasteiger partial charge on any atom is 0.132 e. The van der Waals surface area contributed by atoms with E-state index in [0.29, 0.717) is 0 Å². The molecule has 1 aliphatic heterocycles. The number of para-hydroxylation sites is 1. The number of hydrogen-bond acceptors (Lipinski definition) is 3. The van der Waals surface area contributed by atoms with Gasteiger partial charge in [0.25, 0.3) is 0 Å². The molecule has 0 amide bonds. The van der Waals surface area contributed by atoms with Crippen molar-refractivity contribution in [3.63, 3.8) is 0 Å². The van der Waals surface area contributed by atoms with Gasteiger partial charge in [0, 0.05) is 53.8 Å². The highest BCUT2D eigenvalue weighted by molar-refractivity contribution is 7.25. The molecule has 2 heterocycles. The van der Waals surface area contributed by atoms with Crippen LogP contribution in [0.5, 0.6) is 5.75 Å². The molecule has 0 fully saturated rings. The Hall–Kier alpha value is -6.94. The topological polar surface area (TPSA) is 12.5 Å². The van der Waals surface area contributed by atoms with Gasteiger partial charge in [-0.1, -0.05) is 148 Å². The fourth-order valence-electron chi connectivity index (χ4n) is 10.7. The molecule has 0 N–H and O–H groups in total. The first-order valence-electron chi connectivity index (χ1n) is 20.3. The molecular weight excluding hydrogens is 735 g/mol. The van der Waals surface area contributed by atoms with Crippen LogP contribution in [0.2, 0.25) is 0 Å². The maximum atomic E-state index is 6.64. The molecule has 0 saturated heterocycles. The summed E-state index contributed by atoms with van der Waals surface area (Å²) in [4.78, 5) is 2.47. The Morgan fingerprint density at radius 1 is 0.508 bits per heavy atom. The van der Waals surface area contributed by atoms with Crippen LogP contribution in [0.1, 0.15) is 41.7 Å². The van der Waals surface area contributed by atoms with Crippen molar-refractivity contribution in [2.45, 2.75) is 24.7 Å². The minimum Gasteiger partial charge on any atom is -0.457 e. The number of benzene rings is 8. The van der Waals surface area contributed by atoms with Crippen LogP contribution < -0.4 is 9.64 Å². The SMILES string of the molecule is C=CC1=C(C=C)C2(c3ccccc3O1)c1cc(N(c3ccc4c(c3)C(C)(C)c3ccccc3-4)c3ccc4c(c3)sc3ccccc34)ccc1-c1c2ccc2ccccc12. The third-order valence-corrected chi connectivity index (χ3v) is 14.4. The van der Waals surface area contributed by atoms with Gasteiger partial charge in [-0.05, 0) is 110 Å². The summed E-state index contributed by atoms with van der Waals surface area (Å²) < 4.78 is 9.21. The van der Waals surface area contributed by atoms with E-state index in [-0.39, 0.29) is 5.41 Å². The highest BCUT2D eigenvalue weighted by atomic mass is 32.1. The number of ether oxygens (including phenoxy) is 1. The molecule has 2 nitrogen and oxygen atoms in total. The number of allylic oxidation sites excluding steroid dienone is 3. The van der Waals surface area contributed by atoms with Crippen molar-refractivity contribution in [2.24, 2.45) is 0 Å². The predicted octanol–water partition coefficient (Wildman–Crippen LogP) is 15.3. The van der Waals surface area contributed by atoms with Gasteiger partial charge in [0.15, 0.2) is 0 Å². The molecule has 3 aliphatic rings. The van der Waals surface area contributed by atoms with Crippen LogP contribution in [0.15, 0.2) is 200 Å². The Morgan fingerprint density at radius 3 is 1.98 bits per heavy atom. The smallest absolute Gasteiger partial charge is 0.132 e. The summed E-state index contributed by atoms with van der Waals surface area (Å²) in [5.74, 6) is 1.56. The molecule has 0 bridgehead atoms. The van der Waals surface area contributed by atoms with Crippen molar-refractivity contribution in [3.8, 4) is 28.0 Å². The Labute approximate surface area is 348 Å². The van der Waals surface area contributed by atoms with Crippen molar-refractivity contribution in [1.82, 2.24) is 0 Å². The zero-order valence-corrected chi connectivity index (χ0v) is 33.7. The minimum atomic E-state index is -0.701. The first-order chi connectivity index (χ1) is 28.9. The summed E-state index contributed by atoms with van der Waals surface area (Å²) >= 11 is 1.86. The molecule has 280 valence electrons. The molecule has 1 aromatic heterocycles. The fraction of sp³-hybridized carbons (Fsp3) is 0.0714. The standard InChI is InChI=1S/C56H39NOS/c1-5-44-50(6-2)58-51-21-13-12-20-46(51)56(44)47-30-23-34-15-7-8-16-38(34)54(47)43-29-26-36(32-49(43)56)57(37-25-28-42-41-18-10-14-22-52(41)59-53(42)33-37)35-24-27-40-39-17-9-11-19-45(39)55(3,4)48(40)31-35/h5-33H,1-2H2,3-4H3. The van der Waals surface area contributed by atoms with E-state index in [2.05, 4.69) is 196 Å². The zero-order chi connectivity index (χ0) is 39.6. The molecule has 1 atom stereocenters. The molecule has 59 heavy (non-hydrogen) atoms. The quantitative estimate of drug-likeness (QED) is 0.173. The van der Waals surface area contributed by atoms with Crippen LogP contribution in [0, 0.1) is 0 Å². The van der Waals surface area contributed by atoms with E-state index in [1.165, 1.54) is 75.5 Å². The van der Waals surface area contributed by atoms with Gasteiger partial charge in [-0.25, -0.2) is 0 Å². The van der Waals surface area contributed by atoms with E-state index < -0.39 is 5.41 Å². The number of nitrogens with zero attached hydrogens (tertiary/aromatic N) is 1. The van der Waals surface area contributed by atoms with Crippen molar-refractivity contribution in [1.29, 1.82) is 0 Å². The largest absolute Gasteiger partial charge is 0.457 e. The second-order valence-electron chi connectivity index (χ2n) is 16.5. The number of rotatable bonds is 5. The average molecular weight is 774 g/mol. The molecule has 8 aromatic carbocycles. The van der Waals surface area contributed by atoms with E-state index in [1.807, 2.05) is 23.5 Å². The van der Waals surface area contributed by atoms with Crippen molar-refractivity contribution in [2.75, 3.05) is 4.90 Å². The summed E-state index contributed by atoms with van der Waals surface area (Å²) in [6.45, 7) is 13.4. The minimum absolute atomic E-state index is 0.149. The third-order valence-electron chi connectivity index (χ3n) is 13.3. The lowest BCUT2D eigenvalue weighted by Gasteiger charge is -2.40. The summed E-state index contributed by atoms with van der Waals surface area (Å²) in [5.41, 5.74) is 14.8. The van der Waals surface area contributed by atoms with Crippen LogP contribution in [-0.2, 0) is 10.8 Å². The van der Waals surface area contributed by atoms with E-state index in [1.54, 1.807) is 0 Å². The Kier molecular flexibility index (Phi) is 7.11. The summed E-state index contributed by atoms with van der Waals surface area (Å²) in [5, 5.41) is 5.03. The van der Waals surface area contributed by atoms with Gasteiger partial charge in [-0.15, -0.1) is 11.3 Å². The fourth-order valence-corrected chi connectivity index (χ4v) is 11.8. The normalized spacial score (nSPS) is 16.7. The lowest BCUT2D eigenvalue weighted by atomic mass is 9.65. The van der Waals surface area contributed by atoms with E-state index >= 15 is 0 Å². The molecule has 3 heteroatoms. The summed E-state index contributed by atoms with van der Waals surface area (Å²) in [6, 6.07) is 60.7. The molecule has 2 aliphatic carbocycles. The predicted molar refractivity (Wildman–Crippen MR) is 249 cm³/mol. The van der Waals surface area contributed by atoms with Crippen LogP contribution >= 0.6 is 11.3 Å². The van der Waals surface area contributed by atoms with Crippen LogP contribution in [-0.4, -0.2) is 0 Å². The molecule has 0 saturated carbocycles. The first kappa shape index (κ1) is 34.1. The van der Waals surface area contributed by atoms with Gasteiger partial charge in [-0.3, -0.25) is 0 Å². The highest BCUT2D eigenvalue weighted by Gasteiger charge is 2.52. The number of hydrogen-bond donors (Lipinski definition) is 0. The van der Waals surface area contributed by atoms with Crippen LogP contribution in [0.3, 0.4) is 0 Å². The van der Waals surface area contributed by atoms with Crippen molar-refractivity contribution >= 4 is 59.3 Å². The molecule has 0 radical (unpaired) electrons. The number of thiophene rings is 1. The Balaban J connectivity index is 1.16. The number of anilines is 3. The van der Waals surface area contributed by atoms with E-state index in [4.69, 9.17) is 4.74 Å². The first-order valence-corrected chi connectivity index (χ1v) is 21.1. The molecule has 12 rings (SSSR count). The zero-order valence-electron chi connectivity index (χ0n) is 32.9. The van der Waals surface area contributed by atoms with Crippen LogP contribution in [0.25, 0.3) is 53.2 Å². The second-order valence-corrected chi connectivity index (χ2v) is 17.6. The molecular formula is C56H39NOS. The van der Waals surface area contributed by atoms with E-state index in [0.717, 1.165) is 39.7 Å². The van der Waals surface area contributed by atoms with Crippen molar-refractivity contribution in [3.05, 3.63) is 228 Å². The summed E-state index contributed by atoms with van der Waals surface area (Å²) in [7, 11) is 0. The molecule has 1 unspecified atom stereocenters. The van der Waals surface area contributed by atoms with Gasteiger partial charge >= 0.3 is 0 Å². The Bertz CT molecular complexity index is 3340. The maximum absolute atomic E-state index is 6.64. The van der Waals surface area contributed by atoms with Gasteiger partial charge in [0.2, 0.25) is 0 Å². The lowest BCUT2D eigenvalue weighted by Crippen LogP contribution is -2.34. The highest BCUT2D eigenvalue weighted by Crippen LogP contribution is 2.63. The van der Waals surface area contributed by atoms with Gasteiger partial charge in [-0.2, -0.15) is 0 Å². The number of fused-ring (bicyclic) bond motifs is 15. The van der Waals surface area contributed by atoms with Crippen LogP contribution in [0.4, 0.5) is 17.1 Å². The third kappa shape index (κ3) is 4.51. The average Bonchev–Trinajstić information content (AvgIpc) is 3.87. The van der Waals surface area contributed by atoms with Gasteiger partial charge < -0.3 is 9.64 Å². The van der Waals surface area contributed by atoms with Gasteiger partial charge in [0.1, 0.15) is 11.5 Å².